The van der Waals surface area contributed by atoms with E-state index in [0.29, 0.717) is 16.3 Å². The van der Waals surface area contributed by atoms with Crippen LogP contribution in [-0.2, 0) is 11.2 Å². The largest absolute Gasteiger partial charge is 0.355 e. The molecule has 3 N–H and O–H groups in total. The van der Waals surface area contributed by atoms with E-state index in [1.807, 2.05) is 0 Å². The number of hydrogen-bond donors (Lipinski definition) is 3. The smallest absolute Gasteiger partial charge is 0.251 e. The van der Waals surface area contributed by atoms with Gasteiger partial charge in [-0.25, -0.2) is 0 Å². The summed E-state index contributed by atoms with van der Waals surface area (Å²) >= 11 is 10.9. The van der Waals surface area contributed by atoms with Crippen LogP contribution in [0, 0.1) is 0 Å². The molecule has 0 saturated heterocycles. The number of carbonyl (C=O) groups excluding carboxylic acids is 2. The zero-order valence-corrected chi connectivity index (χ0v) is 14.5. The summed E-state index contributed by atoms with van der Waals surface area (Å²) in [5.41, 5.74) is 2.06. The van der Waals surface area contributed by atoms with Crippen LogP contribution in [0.3, 0.4) is 0 Å². The molecule has 0 atom stereocenters. The van der Waals surface area contributed by atoms with E-state index < -0.39 is 0 Å². The molecule has 0 bridgehead atoms. The second kappa shape index (κ2) is 8.42. The van der Waals surface area contributed by atoms with Gasteiger partial charge in [-0.15, -0.1) is 0 Å². The van der Waals surface area contributed by atoms with Gasteiger partial charge in [0.15, 0.2) is 5.11 Å². The zero-order valence-electron chi connectivity index (χ0n) is 12.9. The summed E-state index contributed by atoms with van der Waals surface area (Å²) in [7, 11) is 1.57. The van der Waals surface area contributed by atoms with Crippen molar-refractivity contribution >= 4 is 46.4 Å². The molecule has 0 unspecified atom stereocenters. The molecule has 0 spiro atoms. The molecule has 0 aliphatic carbocycles. The molecule has 0 aliphatic rings. The van der Waals surface area contributed by atoms with Gasteiger partial charge in [0, 0.05) is 23.3 Å². The van der Waals surface area contributed by atoms with Crippen LogP contribution in [0.4, 0.5) is 5.69 Å². The van der Waals surface area contributed by atoms with Gasteiger partial charge in [-0.05, 0) is 54.2 Å². The van der Waals surface area contributed by atoms with Crippen molar-refractivity contribution in [2.24, 2.45) is 0 Å². The Labute approximate surface area is 150 Å². The highest BCUT2D eigenvalue weighted by Gasteiger charge is 2.07. The first kappa shape index (κ1) is 17.9. The van der Waals surface area contributed by atoms with Crippen molar-refractivity contribution in [1.29, 1.82) is 0 Å². The van der Waals surface area contributed by atoms with Crippen LogP contribution in [0.5, 0.6) is 0 Å². The minimum atomic E-state index is -0.225. The third-order valence-electron chi connectivity index (χ3n) is 3.16. The molecule has 2 aromatic carbocycles. The van der Waals surface area contributed by atoms with Gasteiger partial charge in [0.2, 0.25) is 5.91 Å². The van der Waals surface area contributed by atoms with E-state index >= 15 is 0 Å². The number of nitrogens with one attached hydrogen (secondary N) is 3. The van der Waals surface area contributed by atoms with Crippen LogP contribution in [0.25, 0.3) is 0 Å². The summed E-state index contributed by atoms with van der Waals surface area (Å²) < 4.78 is 0. The average molecular weight is 362 g/mol. The van der Waals surface area contributed by atoms with Crippen LogP contribution < -0.4 is 16.0 Å². The summed E-state index contributed by atoms with van der Waals surface area (Å²) in [5, 5.41) is 8.87. The molecule has 0 radical (unpaired) electrons. The second-order valence-corrected chi connectivity index (χ2v) is 5.81. The molecule has 124 valence electrons. The minimum Gasteiger partial charge on any atom is -0.355 e. The quantitative estimate of drug-likeness (QED) is 0.732. The Kier molecular flexibility index (Phi) is 6.28. The SMILES string of the molecule is CNC(=O)c1ccc(NC(=S)NC(=O)Cc2ccc(Cl)cc2)cc1. The van der Waals surface area contributed by atoms with Crippen molar-refractivity contribution in [3.63, 3.8) is 0 Å². The Bertz CT molecular complexity index is 745. The van der Waals surface area contributed by atoms with Crippen molar-refractivity contribution in [3.05, 3.63) is 64.7 Å². The van der Waals surface area contributed by atoms with E-state index in [0.717, 1.165) is 5.56 Å². The maximum absolute atomic E-state index is 12.0. The van der Waals surface area contributed by atoms with Crippen molar-refractivity contribution in [1.82, 2.24) is 10.6 Å². The van der Waals surface area contributed by atoms with E-state index in [2.05, 4.69) is 16.0 Å². The van der Waals surface area contributed by atoms with Crippen LogP contribution in [0.1, 0.15) is 15.9 Å². The summed E-state index contributed by atoms with van der Waals surface area (Å²) in [6.07, 6.45) is 0.203. The van der Waals surface area contributed by atoms with Gasteiger partial charge in [-0.3, -0.25) is 9.59 Å². The molecule has 0 saturated carbocycles. The fraction of sp³-hybridized carbons (Fsp3) is 0.118. The molecule has 0 fully saturated rings. The second-order valence-electron chi connectivity index (χ2n) is 4.96. The summed E-state index contributed by atoms with van der Waals surface area (Å²) in [4.78, 5) is 23.4. The third kappa shape index (κ3) is 5.33. The predicted octanol–water partition coefficient (Wildman–Crippen LogP) is 2.76. The highest BCUT2D eigenvalue weighted by molar-refractivity contribution is 7.80. The number of halogens is 1. The van der Waals surface area contributed by atoms with Crippen molar-refractivity contribution < 1.29 is 9.59 Å². The lowest BCUT2D eigenvalue weighted by Crippen LogP contribution is -2.35. The van der Waals surface area contributed by atoms with Crippen LogP contribution in [0.2, 0.25) is 5.02 Å². The van der Waals surface area contributed by atoms with Gasteiger partial charge in [-0.1, -0.05) is 23.7 Å². The van der Waals surface area contributed by atoms with Crippen LogP contribution in [-0.4, -0.2) is 24.0 Å². The van der Waals surface area contributed by atoms with Gasteiger partial charge in [0.05, 0.1) is 6.42 Å². The number of rotatable bonds is 4. The fourth-order valence-electron chi connectivity index (χ4n) is 1.97. The molecule has 7 heteroatoms. The van der Waals surface area contributed by atoms with Gasteiger partial charge in [0.25, 0.3) is 5.91 Å². The zero-order chi connectivity index (χ0) is 17.5. The Morgan fingerprint density at radius 1 is 1.04 bits per heavy atom. The minimum absolute atomic E-state index is 0.166. The first-order chi connectivity index (χ1) is 11.5. The highest BCUT2D eigenvalue weighted by atomic mass is 35.5. The Balaban J connectivity index is 1.87. The monoisotopic (exact) mass is 361 g/mol. The summed E-state index contributed by atoms with van der Waals surface area (Å²) in [5.74, 6) is -0.391. The van der Waals surface area contributed by atoms with Gasteiger partial charge >= 0.3 is 0 Å². The molecular weight excluding hydrogens is 346 g/mol. The van der Waals surface area contributed by atoms with Gasteiger partial charge in [-0.2, -0.15) is 0 Å². The Hall–Kier alpha value is -2.44. The first-order valence-electron chi connectivity index (χ1n) is 7.15. The Morgan fingerprint density at radius 2 is 1.67 bits per heavy atom. The Morgan fingerprint density at radius 3 is 2.25 bits per heavy atom. The van der Waals surface area contributed by atoms with Crippen molar-refractivity contribution in [3.8, 4) is 0 Å². The number of carbonyl (C=O) groups is 2. The number of hydrogen-bond acceptors (Lipinski definition) is 3. The molecule has 0 aliphatic heterocycles. The van der Waals surface area contributed by atoms with E-state index in [1.54, 1.807) is 55.6 Å². The molecule has 0 heterocycles. The number of anilines is 1. The maximum atomic E-state index is 12.0. The third-order valence-corrected chi connectivity index (χ3v) is 3.62. The number of benzene rings is 2. The normalized spacial score (nSPS) is 9.92. The highest BCUT2D eigenvalue weighted by Crippen LogP contribution is 2.11. The van der Waals surface area contributed by atoms with E-state index in [9.17, 15) is 9.59 Å². The summed E-state index contributed by atoms with van der Waals surface area (Å²) in [6, 6.07) is 13.8. The summed E-state index contributed by atoms with van der Waals surface area (Å²) in [6.45, 7) is 0. The topological polar surface area (TPSA) is 70.2 Å². The molecule has 24 heavy (non-hydrogen) atoms. The van der Waals surface area contributed by atoms with E-state index in [1.165, 1.54) is 0 Å². The molecular formula is C17H16ClN3O2S. The molecule has 5 nitrogen and oxygen atoms in total. The number of thiocarbonyl (C=S) groups is 1. The van der Waals surface area contributed by atoms with Crippen molar-refractivity contribution in [2.45, 2.75) is 6.42 Å². The van der Waals surface area contributed by atoms with Gasteiger partial charge < -0.3 is 16.0 Å². The maximum Gasteiger partial charge on any atom is 0.251 e. The lowest BCUT2D eigenvalue weighted by molar-refractivity contribution is -0.119. The molecule has 2 amide bonds. The van der Waals surface area contributed by atoms with E-state index in [-0.39, 0.29) is 23.3 Å². The van der Waals surface area contributed by atoms with Crippen LogP contribution in [0.15, 0.2) is 48.5 Å². The predicted molar refractivity (Wildman–Crippen MR) is 99.4 cm³/mol. The molecule has 0 aromatic heterocycles. The average Bonchev–Trinajstić information content (AvgIpc) is 2.56. The standard InChI is InChI=1S/C17H16ClN3O2S/c1-19-16(23)12-4-8-14(9-5-12)20-17(24)21-15(22)10-11-2-6-13(18)7-3-11/h2-9H,10H2,1H3,(H,19,23)(H2,20,21,22,24). The molecule has 2 aromatic rings. The lowest BCUT2D eigenvalue weighted by atomic mass is 10.1. The molecule has 2 rings (SSSR count). The first-order valence-corrected chi connectivity index (χ1v) is 7.94. The fourth-order valence-corrected chi connectivity index (χ4v) is 2.33. The number of amides is 2. The van der Waals surface area contributed by atoms with Crippen LogP contribution >= 0.6 is 23.8 Å². The van der Waals surface area contributed by atoms with Crippen molar-refractivity contribution in [2.75, 3.05) is 12.4 Å². The van der Waals surface area contributed by atoms with E-state index in [4.69, 9.17) is 23.8 Å². The lowest BCUT2D eigenvalue weighted by Gasteiger charge is -2.10. The van der Waals surface area contributed by atoms with Gasteiger partial charge in [0.1, 0.15) is 0 Å².